The van der Waals surface area contributed by atoms with Gasteiger partial charge in [0.15, 0.2) is 6.29 Å². The Labute approximate surface area is 104 Å². The maximum atomic E-state index is 10.7. The Bertz CT molecular complexity index is 342. The van der Waals surface area contributed by atoms with Crippen LogP contribution in [0.2, 0.25) is 0 Å². The first-order valence-electron chi connectivity index (χ1n) is 3.61. The molecule has 0 spiro atoms. The zero-order valence-electron chi connectivity index (χ0n) is 10.9. The number of quaternary nitrogens is 3. The molecule has 0 aromatic rings. The maximum Gasteiger partial charge on any atom is 0.274 e. The molecule has 0 bridgehead atoms. The van der Waals surface area contributed by atoms with E-state index in [2.05, 4.69) is 8.83 Å². The fraction of sp³-hybridized carbons (Fsp3) is 0.600. The zero-order valence-corrected chi connectivity index (χ0v) is 12.6. The van der Waals surface area contributed by atoms with Crippen LogP contribution in [0.1, 0.15) is 13.8 Å². The quantitative estimate of drug-likeness (QED) is 0.297. The molecule has 18 heavy (non-hydrogen) atoms. The van der Waals surface area contributed by atoms with Crippen LogP contribution in [0.25, 0.3) is 0 Å². The molecular weight excluding hydrogens is 292 g/mol. The third-order valence-electron chi connectivity index (χ3n) is 1.27. The molecule has 2 atom stereocenters. The van der Waals surface area contributed by atoms with Gasteiger partial charge in [0.1, 0.15) is 0 Å². The van der Waals surface area contributed by atoms with Gasteiger partial charge in [-0.3, -0.25) is 13.4 Å². The number of hydrogen-bond acceptors (Lipinski definition) is 8. The van der Waals surface area contributed by atoms with Gasteiger partial charge in [0, 0.05) is 0 Å². The SMILES string of the molecule is C/C=C(\C)C(O)OP(=O)([O-])OP(=O)([O-])[O-].[NH4+].[NH4+].[NH4+]. The minimum atomic E-state index is -5.71. The van der Waals surface area contributed by atoms with Crippen LogP contribution >= 0.6 is 15.6 Å². The first-order chi connectivity index (χ1) is 6.57. The van der Waals surface area contributed by atoms with Gasteiger partial charge < -0.3 is 42.8 Å². The molecule has 114 valence electrons. The lowest BCUT2D eigenvalue weighted by molar-refractivity contribution is -0.340. The van der Waals surface area contributed by atoms with Gasteiger partial charge >= 0.3 is 0 Å². The molecule has 13 heteroatoms. The summed E-state index contributed by atoms with van der Waals surface area (Å²) in [6, 6.07) is 0. The van der Waals surface area contributed by atoms with Crippen LogP contribution in [0.3, 0.4) is 0 Å². The molecule has 0 aromatic heterocycles. The Morgan fingerprint density at radius 2 is 1.61 bits per heavy atom. The summed E-state index contributed by atoms with van der Waals surface area (Å²) in [6.07, 6.45) is -0.552. The molecular formula is C5H21N3O8P2. The second-order valence-corrected chi connectivity index (χ2v) is 5.12. The van der Waals surface area contributed by atoms with E-state index in [9.17, 15) is 23.8 Å². The Hall–Kier alpha value is -0.160. The predicted octanol–water partition coefficient (Wildman–Crippen LogP) is -0.270. The van der Waals surface area contributed by atoms with Crippen LogP contribution in [0.15, 0.2) is 11.6 Å². The van der Waals surface area contributed by atoms with Gasteiger partial charge in [0.05, 0.1) is 7.82 Å². The molecule has 0 aliphatic heterocycles. The summed E-state index contributed by atoms with van der Waals surface area (Å²) < 4.78 is 27.7. The second kappa shape index (κ2) is 9.73. The lowest BCUT2D eigenvalue weighted by Gasteiger charge is -2.35. The van der Waals surface area contributed by atoms with Crippen LogP contribution < -0.4 is 33.1 Å². The fourth-order valence-corrected chi connectivity index (χ4v) is 2.03. The molecule has 11 nitrogen and oxygen atoms in total. The smallest absolute Gasteiger partial charge is 0.274 e. The number of hydrogen-bond donors (Lipinski definition) is 4. The van der Waals surface area contributed by atoms with Gasteiger partial charge in [-0.1, -0.05) is 6.08 Å². The van der Waals surface area contributed by atoms with Crippen molar-refractivity contribution in [2.24, 2.45) is 0 Å². The highest BCUT2D eigenvalue weighted by atomic mass is 31.3. The van der Waals surface area contributed by atoms with E-state index < -0.39 is 21.9 Å². The summed E-state index contributed by atoms with van der Waals surface area (Å²) in [7, 11) is -11.1. The summed E-state index contributed by atoms with van der Waals surface area (Å²) in [5.74, 6) is 0. The standard InChI is InChI=1S/C5H12O8P2.3H3N/c1-3-4(2)5(6)12-15(10,11)13-14(7,8)9;;;/h3,5-6H,1-2H3,(H,10,11)(H2,7,8,9);3*1H3/b4-3+;;;. The molecule has 0 fully saturated rings. The van der Waals surface area contributed by atoms with Gasteiger partial charge in [-0.25, -0.2) is 0 Å². The van der Waals surface area contributed by atoms with Gasteiger partial charge in [-0.05, 0) is 19.4 Å². The lowest BCUT2D eigenvalue weighted by atomic mass is 10.3. The van der Waals surface area contributed by atoms with Gasteiger partial charge in [0.2, 0.25) is 0 Å². The Kier molecular flexibility index (Phi) is 14.3. The average molecular weight is 313 g/mol. The van der Waals surface area contributed by atoms with E-state index in [1.165, 1.54) is 19.9 Å². The topological polar surface area (TPSA) is 252 Å². The monoisotopic (exact) mass is 313 g/mol. The molecule has 2 unspecified atom stereocenters. The summed E-state index contributed by atoms with van der Waals surface area (Å²) in [4.78, 5) is 30.6. The van der Waals surface area contributed by atoms with E-state index in [4.69, 9.17) is 5.11 Å². The molecule has 13 N–H and O–H groups in total. The second-order valence-electron chi connectivity index (χ2n) is 2.47. The Morgan fingerprint density at radius 1 is 1.22 bits per heavy atom. The van der Waals surface area contributed by atoms with Gasteiger partial charge in [0.25, 0.3) is 7.82 Å². The van der Waals surface area contributed by atoms with Crippen molar-refractivity contribution in [2.75, 3.05) is 0 Å². The predicted molar refractivity (Wildman–Crippen MR) is 60.8 cm³/mol. The summed E-state index contributed by atoms with van der Waals surface area (Å²) in [5.41, 5.74) is 0.112. The van der Waals surface area contributed by atoms with Crippen LogP contribution in [0.5, 0.6) is 0 Å². The summed E-state index contributed by atoms with van der Waals surface area (Å²) in [5, 5.41) is 9.01. The fourth-order valence-electron chi connectivity index (χ4n) is 0.490. The summed E-state index contributed by atoms with van der Waals surface area (Å²) >= 11 is 0. The highest BCUT2D eigenvalue weighted by molar-refractivity contribution is 7.58. The van der Waals surface area contributed by atoms with Gasteiger partial charge in [-0.2, -0.15) is 0 Å². The maximum absolute atomic E-state index is 10.7. The van der Waals surface area contributed by atoms with Crippen molar-refractivity contribution in [1.29, 1.82) is 0 Å². The third kappa shape index (κ3) is 12.3. The number of rotatable bonds is 5. The number of phosphoric ester groups is 1. The van der Waals surface area contributed by atoms with E-state index in [-0.39, 0.29) is 24.0 Å². The van der Waals surface area contributed by atoms with Crippen LogP contribution in [0, 0.1) is 0 Å². The first-order valence-corrected chi connectivity index (χ1v) is 6.53. The van der Waals surface area contributed by atoms with Crippen molar-refractivity contribution in [3.05, 3.63) is 11.6 Å². The molecule has 0 saturated heterocycles. The first kappa shape index (κ1) is 26.4. The molecule has 0 aliphatic rings. The number of aliphatic hydroxyl groups excluding tert-OH is 1. The van der Waals surface area contributed by atoms with Crippen molar-refractivity contribution in [3.63, 3.8) is 0 Å². The largest absolute Gasteiger partial charge is 0.790 e. The summed E-state index contributed by atoms with van der Waals surface area (Å²) in [6.45, 7) is 2.82. The van der Waals surface area contributed by atoms with Crippen LogP contribution in [0.4, 0.5) is 0 Å². The van der Waals surface area contributed by atoms with E-state index in [1.54, 1.807) is 0 Å². The minimum Gasteiger partial charge on any atom is -0.790 e. The minimum absolute atomic E-state index is 0. The zero-order chi connectivity index (χ0) is 12.3. The Balaban J connectivity index is -0.000000327. The van der Waals surface area contributed by atoms with E-state index >= 15 is 0 Å². The molecule has 0 rings (SSSR count). The van der Waals surface area contributed by atoms with Crippen molar-refractivity contribution in [1.82, 2.24) is 18.5 Å². The van der Waals surface area contributed by atoms with Crippen LogP contribution in [-0.4, -0.2) is 11.4 Å². The van der Waals surface area contributed by atoms with E-state index in [1.807, 2.05) is 0 Å². The van der Waals surface area contributed by atoms with E-state index in [0.29, 0.717) is 0 Å². The third-order valence-corrected chi connectivity index (χ3v) is 3.33. The van der Waals surface area contributed by atoms with Crippen molar-refractivity contribution in [2.45, 2.75) is 20.1 Å². The van der Waals surface area contributed by atoms with E-state index in [0.717, 1.165) is 0 Å². The Morgan fingerprint density at radius 3 is 1.89 bits per heavy atom. The van der Waals surface area contributed by atoms with Gasteiger partial charge in [-0.15, -0.1) is 0 Å². The lowest BCUT2D eigenvalue weighted by Crippen LogP contribution is -2.22. The molecule has 0 aliphatic carbocycles. The van der Waals surface area contributed by atoms with Crippen molar-refractivity contribution >= 4 is 15.6 Å². The highest BCUT2D eigenvalue weighted by Crippen LogP contribution is 2.51. The number of phosphoric acid groups is 2. The number of allylic oxidation sites excluding steroid dienone is 1. The molecule has 0 heterocycles. The molecule has 0 saturated carbocycles. The number of aliphatic hydroxyl groups is 1. The molecule has 0 aromatic carbocycles. The van der Waals surface area contributed by atoms with Crippen LogP contribution in [-0.2, 0) is 18.0 Å². The molecule has 0 radical (unpaired) electrons. The highest BCUT2D eigenvalue weighted by Gasteiger charge is 2.18. The average Bonchev–Trinajstić information content (AvgIpc) is 1.96. The van der Waals surface area contributed by atoms with Crippen molar-refractivity contribution < 1.29 is 37.8 Å². The molecule has 0 amide bonds. The van der Waals surface area contributed by atoms with Crippen molar-refractivity contribution in [3.8, 4) is 0 Å². The normalized spacial score (nSPS) is 16.4.